The van der Waals surface area contributed by atoms with Gasteiger partial charge in [0, 0.05) is 18.5 Å². The van der Waals surface area contributed by atoms with Gasteiger partial charge >= 0.3 is 11.5 Å². The van der Waals surface area contributed by atoms with Gasteiger partial charge in [-0.15, -0.1) is 0 Å². The zero-order chi connectivity index (χ0) is 11.3. The number of nitrogens with zero attached hydrogens (tertiary/aromatic N) is 1. The Kier molecular flexibility index (Phi) is 3.55. The fourth-order valence-corrected chi connectivity index (χ4v) is 1.01. The van der Waals surface area contributed by atoms with Crippen LogP contribution in [0, 0.1) is 10.1 Å². The van der Waals surface area contributed by atoms with Gasteiger partial charge in [0.25, 0.3) is 0 Å². The molecule has 0 aliphatic carbocycles. The lowest BCUT2D eigenvalue weighted by molar-refractivity contribution is -0.409. The van der Waals surface area contributed by atoms with Gasteiger partial charge in [0.05, 0.1) is 17.7 Å². The number of nitro groups is 1. The standard InChI is InChI=1S/C8H9N3O4/c12-7(13)3-5-10-8-6(11(14)15)2-1-4-9-8/h1-2,4H,3,5H2,(H,9,10)(H,12,13). The summed E-state index contributed by atoms with van der Waals surface area (Å²) in [4.78, 5) is 22.7. The number of H-pyrrole nitrogens is 1. The number of carbonyl (C=O) groups is 1. The highest BCUT2D eigenvalue weighted by Crippen LogP contribution is 2.16. The largest absolute Gasteiger partial charge is 0.550 e. The Bertz CT molecular complexity index is 380. The topological polar surface area (TPSA) is 109 Å². The van der Waals surface area contributed by atoms with Crippen molar-refractivity contribution >= 4 is 17.5 Å². The van der Waals surface area contributed by atoms with Crippen LogP contribution in [0.15, 0.2) is 18.3 Å². The first kappa shape index (κ1) is 10.9. The zero-order valence-corrected chi connectivity index (χ0v) is 7.73. The minimum atomic E-state index is -1.21. The number of anilines is 1. The lowest BCUT2D eigenvalue weighted by atomic mass is 10.3. The van der Waals surface area contributed by atoms with Gasteiger partial charge in [-0.25, -0.2) is 4.98 Å². The van der Waals surface area contributed by atoms with E-state index in [0.29, 0.717) is 0 Å². The molecule has 7 nitrogen and oxygen atoms in total. The molecule has 0 amide bonds. The normalized spacial score (nSPS) is 9.60. The quantitative estimate of drug-likeness (QED) is 0.494. The molecule has 0 saturated carbocycles. The van der Waals surface area contributed by atoms with Crippen molar-refractivity contribution in [3.8, 4) is 0 Å². The van der Waals surface area contributed by atoms with Crippen LogP contribution in [0.3, 0.4) is 0 Å². The third kappa shape index (κ3) is 3.22. The van der Waals surface area contributed by atoms with Crippen molar-refractivity contribution in [1.29, 1.82) is 0 Å². The average molecular weight is 211 g/mol. The van der Waals surface area contributed by atoms with Crippen LogP contribution < -0.4 is 15.4 Å². The lowest BCUT2D eigenvalue weighted by Gasteiger charge is -2.00. The Morgan fingerprint density at radius 2 is 2.33 bits per heavy atom. The first-order chi connectivity index (χ1) is 7.11. The highest BCUT2D eigenvalue weighted by atomic mass is 16.6. The summed E-state index contributed by atoms with van der Waals surface area (Å²) in [6.45, 7) is 0.0731. The number of hydrogen-bond donors (Lipinski definition) is 1. The SMILES string of the molecule is O=C([O-])CCNc1[nH+]cccc1[N+](=O)[O-]. The summed E-state index contributed by atoms with van der Waals surface area (Å²) in [5.41, 5.74) is -0.129. The van der Waals surface area contributed by atoms with E-state index in [9.17, 15) is 20.0 Å². The molecule has 0 fully saturated rings. The van der Waals surface area contributed by atoms with Crippen LogP contribution in [-0.4, -0.2) is 17.4 Å². The molecule has 15 heavy (non-hydrogen) atoms. The number of carboxylic acids is 1. The van der Waals surface area contributed by atoms with E-state index in [2.05, 4.69) is 10.3 Å². The van der Waals surface area contributed by atoms with Gasteiger partial charge in [-0.3, -0.25) is 15.4 Å². The maximum atomic E-state index is 10.5. The molecule has 1 aromatic rings. The molecule has 0 atom stereocenters. The monoisotopic (exact) mass is 211 g/mol. The summed E-state index contributed by atoms with van der Waals surface area (Å²) in [5.74, 6) is -1.02. The van der Waals surface area contributed by atoms with Gasteiger partial charge in [0.15, 0.2) is 0 Å². The number of aliphatic carboxylic acids is 1. The molecule has 2 N–H and O–H groups in total. The van der Waals surface area contributed by atoms with Crippen LogP contribution in [0.2, 0.25) is 0 Å². The number of rotatable bonds is 5. The van der Waals surface area contributed by atoms with E-state index in [-0.39, 0.29) is 24.5 Å². The van der Waals surface area contributed by atoms with Crippen molar-refractivity contribution in [3.63, 3.8) is 0 Å². The smallest absolute Gasteiger partial charge is 0.357 e. The molecular formula is C8H9N3O4. The molecule has 0 aromatic carbocycles. The Morgan fingerprint density at radius 1 is 1.60 bits per heavy atom. The van der Waals surface area contributed by atoms with Crippen molar-refractivity contribution in [2.24, 2.45) is 0 Å². The number of hydrogen-bond acceptors (Lipinski definition) is 5. The average Bonchev–Trinajstić information content (AvgIpc) is 2.17. The lowest BCUT2D eigenvalue weighted by Crippen LogP contribution is -2.26. The summed E-state index contributed by atoms with van der Waals surface area (Å²) in [5, 5.41) is 23.3. The van der Waals surface area contributed by atoms with Crippen molar-refractivity contribution in [1.82, 2.24) is 0 Å². The van der Waals surface area contributed by atoms with E-state index in [0.717, 1.165) is 0 Å². The third-order valence-electron chi connectivity index (χ3n) is 1.66. The van der Waals surface area contributed by atoms with Crippen LogP contribution >= 0.6 is 0 Å². The first-order valence-corrected chi connectivity index (χ1v) is 4.20. The molecule has 1 heterocycles. The van der Waals surface area contributed by atoms with E-state index in [1.807, 2.05) is 0 Å². The Morgan fingerprint density at radius 3 is 2.93 bits per heavy atom. The van der Waals surface area contributed by atoms with Crippen molar-refractivity contribution in [2.75, 3.05) is 11.9 Å². The van der Waals surface area contributed by atoms with Crippen molar-refractivity contribution in [2.45, 2.75) is 6.42 Å². The number of carbonyl (C=O) groups excluding carboxylic acids is 1. The summed E-state index contributed by atoms with van der Waals surface area (Å²) < 4.78 is 0. The highest BCUT2D eigenvalue weighted by Gasteiger charge is 2.18. The molecular weight excluding hydrogens is 202 g/mol. The van der Waals surface area contributed by atoms with Crippen molar-refractivity contribution < 1.29 is 19.8 Å². The zero-order valence-electron chi connectivity index (χ0n) is 7.73. The second kappa shape index (κ2) is 4.89. The molecule has 0 bridgehead atoms. The van der Waals surface area contributed by atoms with Gasteiger partial charge in [0.2, 0.25) is 0 Å². The first-order valence-electron chi connectivity index (χ1n) is 4.20. The van der Waals surface area contributed by atoms with E-state index >= 15 is 0 Å². The van der Waals surface area contributed by atoms with Crippen LogP contribution in [0.4, 0.5) is 11.5 Å². The number of pyridine rings is 1. The Balaban J connectivity index is 2.67. The van der Waals surface area contributed by atoms with Gasteiger partial charge in [-0.2, -0.15) is 0 Å². The van der Waals surface area contributed by atoms with Gasteiger partial charge < -0.3 is 9.90 Å². The summed E-state index contributed by atoms with van der Waals surface area (Å²) in [7, 11) is 0. The minimum absolute atomic E-state index is 0.0731. The summed E-state index contributed by atoms with van der Waals surface area (Å²) >= 11 is 0. The minimum Gasteiger partial charge on any atom is -0.550 e. The fraction of sp³-hybridized carbons (Fsp3) is 0.250. The van der Waals surface area contributed by atoms with E-state index in [1.165, 1.54) is 18.3 Å². The molecule has 0 aliphatic heterocycles. The second-order valence-corrected chi connectivity index (χ2v) is 2.74. The molecule has 0 spiro atoms. The van der Waals surface area contributed by atoms with E-state index < -0.39 is 10.9 Å². The van der Waals surface area contributed by atoms with E-state index in [4.69, 9.17) is 0 Å². The number of aromatic nitrogens is 1. The third-order valence-corrected chi connectivity index (χ3v) is 1.66. The van der Waals surface area contributed by atoms with Crippen LogP contribution in [-0.2, 0) is 4.79 Å². The molecule has 0 unspecified atom stereocenters. The molecule has 1 aromatic heterocycles. The maximum Gasteiger partial charge on any atom is 0.357 e. The van der Waals surface area contributed by atoms with Crippen LogP contribution in [0.25, 0.3) is 0 Å². The van der Waals surface area contributed by atoms with Crippen LogP contribution in [0.1, 0.15) is 6.42 Å². The number of carboxylic acid groups (broad SMARTS) is 1. The highest BCUT2D eigenvalue weighted by molar-refractivity contribution is 5.65. The fourth-order valence-electron chi connectivity index (χ4n) is 1.01. The molecule has 0 radical (unpaired) electrons. The molecule has 0 saturated heterocycles. The van der Waals surface area contributed by atoms with Gasteiger partial charge in [-0.05, 0) is 6.07 Å². The van der Waals surface area contributed by atoms with E-state index in [1.54, 1.807) is 0 Å². The summed E-state index contributed by atoms with van der Waals surface area (Å²) in [6, 6.07) is 2.81. The number of aromatic amines is 1. The van der Waals surface area contributed by atoms with Crippen LogP contribution in [0.5, 0.6) is 0 Å². The number of nitrogens with one attached hydrogen (secondary N) is 2. The molecule has 80 valence electrons. The maximum absolute atomic E-state index is 10.5. The Labute approximate surface area is 84.9 Å². The predicted molar refractivity (Wildman–Crippen MR) is 47.8 cm³/mol. The Hall–Kier alpha value is -2.18. The molecule has 1 rings (SSSR count). The predicted octanol–water partition coefficient (Wildman–Crippen LogP) is -1.04. The second-order valence-electron chi connectivity index (χ2n) is 2.74. The van der Waals surface area contributed by atoms with Gasteiger partial charge in [0.1, 0.15) is 0 Å². The van der Waals surface area contributed by atoms with Crippen molar-refractivity contribution in [3.05, 3.63) is 28.4 Å². The molecule has 0 aliphatic rings. The van der Waals surface area contributed by atoms with Gasteiger partial charge in [-0.1, -0.05) is 0 Å². The molecule has 7 heteroatoms. The summed E-state index contributed by atoms with van der Waals surface area (Å²) in [6.07, 6.45) is 1.30.